The molecule has 0 radical (unpaired) electrons. The number of nitrogens with zero attached hydrogens (tertiary/aromatic N) is 2. The van der Waals surface area contributed by atoms with Crippen LogP contribution in [0.1, 0.15) is 36.5 Å². The van der Waals surface area contributed by atoms with E-state index in [0.717, 1.165) is 34.4 Å². The first-order valence-corrected chi connectivity index (χ1v) is 15.0. The van der Waals surface area contributed by atoms with E-state index in [1.807, 2.05) is 6.92 Å². The second kappa shape index (κ2) is 9.73. The summed E-state index contributed by atoms with van der Waals surface area (Å²) in [5.41, 5.74) is 2.24. The lowest BCUT2D eigenvalue weighted by atomic mass is 9.77. The summed E-state index contributed by atoms with van der Waals surface area (Å²) in [6.07, 6.45) is 6.65. The Morgan fingerprint density at radius 1 is 1.05 bits per heavy atom. The molecule has 198 valence electrons. The quantitative estimate of drug-likeness (QED) is 0.357. The monoisotopic (exact) mass is 554 g/mol. The molecule has 1 aliphatic carbocycles. The van der Waals surface area contributed by atoms with Gasteiger partial charge in [-0.25, -0.2) is 30.3 Å². The molecule has 0 spiro atoms. The highest BCUT2D eigenvalue weighted by Crippen LogP contribution is 2.37. The van der Waals surface area contributed by atoms with Gasteiger partial charge in [-0.05, 0) is 85.3 Å². The van der Waals surface area contributed by atoms with Crippen LogP contribution < -0.4 is 10.5 Å². The fourth-order valence-electron chi connectivity index (χ4n) is 4.98. The second-order valence-corrected chi connectivity index (χ2v) is 13.0. The summed E-state index contributed by atoms with van der Waals surface area (Å²) < 4.78 is 66.9. The molecule has 3 N–H and O–H groups in total. The molecule has 1 aliphatic rings. The molecule has 0 saturated carbocycles. The third-order valence-electron chi connectivity index (χ3n) is 6.99. The number of halogens is 1. The van der Waals surface area contributed by atoms with Crippen LogP contribution in [0.25, 0.3) is 11.3 Å². The van der Waals surface area contributed by atoms with Gasteiger partial charge in [0.15, 0.2) is 0 Å². The summed E-state index contributed by atoms with van der Waals surface area (Å²) in [6, 6.07) is 15.5. The zero-order valence-electron chi connectivity index (χ0n) is 20.6. The standard InChI is InChI=1S/C27H27FN4O4S2/c1-27(12-4-6-20-10-11-21(15-24(20)27)37(29,33)34)31-16-19-14-26(23-8-2-3-9-25(23)28)32(18-19)38(35,36)22-7-5-13-30-17-22/h2-3,5,7-11,13-15,17-18,31H,4,6,12,16H2,1H3,(H2,29,33,34). The van der Waals surface area contributed by atoms with Gasteiger partial charge in [0.25, 0.3) is 10.0 Å². The average Bonchev–Trinajstić information content (AvgIpc) is 3.33. The predicted molar refractivity (Wildman–Crippen MR) is 142 cm³/mol. The molecule has 0 amide bonds. The van der Waals surface area contributed by atoms with Crippen LogP contribution in [-0.2, 0) is 38.6 Å². The normalized spacial score (nSPS) is 17.8. The van der Waals surface area contributed by atoms with Crippen LogP contribution in [0.2, 0.25) is 0 Å². The van der Waals surface area contributed by atoms with Crippen LogP contribution in [0.4, 0.5) is 4.39 Å². The molecular weight excluding hydrogens is 527 g/mol. The first-order chi connectivity index (χ1) is 18.0. The van der Waals surface area contributed by atoms with E-state index in [4.69, 9.17) is 5.14 Å². The maximum Gasteiger partial charge on any atom is 0.269 e. The van der Waals surface area contributed by atoms with E-state index in [1.54, 1.807) is 30.3 Å². The second-order valence-electron chi connectivity index (χ2n) is 9.61. The first kappa shape index (κ1) is 26.2. The molecule has 2 aromatic heterocycles. The molecular formula is C27H27FN4O4S2. The molecule has 5 rings (SSSR count). The van der Waals surface area contributed by atoms with Crippen molar-refractivity contribution in [2.45, 2.75) is 48.1 Å². The Kier molecular flexibility index (Phi) is 6.72. The minimum Gasteiger partial charge on any atom is -0.303 e. The number of nitrogens with one attached hydrogen (secondary N) is 1. The lowest BCUT2D eigenvalue weighted by molar-refractivity contribution is 0.310. The zero-order chi connectivity index (χ0) is 27.1. The smallest absolute Gasteiger partial charge is 0.269 e. The number of hydrogen-bond acceptors (Lipinski definition) is 6. The van der Waals surface area contributed by atoms with Gasteiger partial charge in [-0.2, -0.15) is 0 Å². The maximum absolute atomic E-state index is 14.8. The Morgan fingerprint density at radius 3 is 2.55 bits per heavy atom. The number of hydrogen-bond donors (Lipinski definition) is 2. The lowest BCUT2D eigenvalue weighted by Gasteiger charge is -2.37. The Bertz CT molecular complexity index is 1720. The third-order valence-corrected chi connectivity index (χ3v) is 9.56. The predicted octanol–water partition coefficient (Wildman–Crippen LogP) is 3.91. The fourth-order valence-corrected chi connectivity index (χ4v) is 6.88. The number of benzene rings is 2. The first-order valence-electron chi connectivity index (χ1n) is 12.0. The minimum absolute atomic E-state index is 0.0172. The van der Waals surface area contributed by atoms with Crippen molar-refractivity contribution in [3.05, 3.63) is 102 Å². The van der Waals surface area contributed by atoms with Gasteiger partial charge in [-0.15, -0.1) is 0 Å². The largest absolute Gasteiger partial charge is 0.303 e. The lowest BCUT2D eigenvalue weighted by Crippen LogP contribution is -2.42. The molecule has 38 heavy (non-hydrogen) atoms. The van der Waals surface area contributed by atoms with Crippen molar-refractivity contribution in [3.63, 3.8) is 0 Å². The van der Waals surface area contributed by atoms with Crippen LogP contribution in [0.15, 0.2) is 89.0 Å². The van der Waals surface area contributed by atoms with E-state index in [0.29, 0.717) is 5.56 Å². The van der Waals surface area contributed by atoms with Gasteiger partial charge < -0.3 is 5.32 Å². The summed E-state index contributed by atoms with van der Waals surface area (Å²) in [6.45, 7) is 2.24. The number of sulfonamides is 1. The van der Waals surface area contributed by atoms with Crippen LogP contribution >= 0.6 is 0 Å². The Morgan fingerprint density at radius 2 is 1.84 bits per heavy atom. The number of fused-ring (bicyclic) bond motifs is 1. The number of aromatic nitrogens is 2. The summed E-state index contributed by atoms with van der Waals surface area (Å²) in [5.74, 6) is -0.545. The van der Waals surface area contributed by atoms with Crippen LogP contribution in [0, 0.1) is 5.82 Å². The number of nitrogens with two attached hydrogens (primary N) is 1. The SMILES string of the molecule is CC1(NCc2cc(-c3ccccc3F)n(S(=O)(=O)c3cccnc3)c2)CCCc2ccc(S(N)(=O)=O)cc21. The molecule has 0 saturated heterocycles. The van der Waals surface area contributed by atoms with Crippen LogP contribution in [0.5, 0.6) is 0 Å². The third kappa shape index (κ3) is 4.90. The van der Waals surface area contributed by atoms with Crippen molar-refractivity contribution in [1.29, 1.82) is 0 Å². The van der Waals surface area contributed by atoms with Crippen LogP contribution in [0.3, 0.4) is 0 Å². The van der Waals surface area contributed by atoms with Crippen molar-refractivity contribution in [2.24, 2.45) is 5.14 Å². The Hall–Kier alpha value is -3.38. The summed E-state index contributed by atoms with van der Waals surface area (Å²) in [5, 5.41) is 8.87. The highest BCUT2D eigenvalue weighted by Gasteiger charge is 2.33. The molecule has 0 aliphatic heterocycles. The summed E-state index contributed by atoms with van der Waals surface area (Å²) in [4.78, 5) is 3.95. The highest BCUT2D eigenvalue weighted by atomic mass is 32.2. The van der Waals surface area contributed by atoms with E-state index < -0.39 is 31.4 Å². The molecule has 2 heterocycles. The summed E-state index contributed by atoms with van der Waals surface area (Å²) >= 11 is 0. The van der Waals surface area contributed by atoms with E-state index in [1.165, 1.54) is 48.9 Å². The highest BCUT2D eigenvalue weighted by molar-refractivity contribution is 7.90. The summed E-state index contributed by atoms with van der Waals surface area (Å²) in [7, 11) is -7.94. The van der Waals surface area contributed by atoms with E-state index in [-0.39, 0.29) is 27.6 Å². The Balaban J connectivity index is 1.54. The van der Waals surface area contributed by atoms with Gasteiger partial charge in [0.2, 0.25) is 10.0 Å². The average molecular weight is 555 g/mol. The molecule has 8 nitrogen and oxygen atoms in total. The number of rotatable bonds is 7. The van der Waals surface area contributed by atoms with E-state index in [2.05, 4.69) is 10.3 Å². The van der Waals surface area contributed by atoms with Crippen molar-refractivity contribution in [2.75, 3.05) is 0 Å². The zero-order valence-corrected chi connectivity index (χ0v) is 22.3. The Labute approximate surface area is 221 Å². The van der Waals surface area contributed by atoms with E-state index >= 15 is 0 Å². The van der Waals surface area contributed by atoms with Crippen molar-refractivity contribution >= 4 is 20.0 Å². The molecule has 2 aromatic carbocycles. The van der Waals surface area contributed by atoms with Gasteiger partial charge in [0.05, 0.1) is 10.6 Å². The molecule has 1 unspecified atom stereocenters. The fraction of sp³-hybridized carbons (Fsp3) is 0.222. The topological polar surface area (TPSA) is 124 Å². The number of primary sulfonamides is 1. The molecule has 0 fully saturated rings. The minimum atomic E-state index is -4.06. The van der Waals surface area contributed by atoms with Crippen molar-refractivity contribution < 1.29 is 21.2 Å². The van der Waals surface area contributed by atoms with Gasteiger partial charge in [-0.3, -0.25) is 4.98 Å². The molecule has 1 atom stereocenters. The van der Waals surface area contributed by atoms with Crippen molar-refractivity contribution in [1.82, 2.24) is 14.3 Å². The molecule has 11 heteroatoms. The van der Waals surface area contributed by atoms with E-state index in [9.17, 15) is 21.2 Å². The number of pyridine rings is 1. The van der Waals surface area contributed by atoms with Gasteiger partial charge >= 0.3 is 0 Å². The number of aryl methyl sites for hydroxylation is 1. The van der Waals surface area contributed by atoms with Gasteiger partial charge in [0, 0.05) is 36.2 Å². The maximum atomic E-state index is 14.8. The van der Waals surface area contributed by atoms with Gasteiger partial charge in [0.1, 0.15) is 10.7 Å². The van der Waals surface area contributed by atoms with Crippen LogP contribution in [-0.4, -0.2) is 25.8 Å². The molecule has 0 bridgehead atoms. The molecule has 4 aromatic rings. The van der Waals surface area contributed by atoms with Gasteiger partial charge in [-0.1, -0.05) is 18.2 Å². The van der Waals surface area contributed by atoms with Crippen molar-refractivity contribution in [3.8, 4) is 11.3 Å².